The summed E-state index contributed by atoms with van der Waals surface area (Å²) in [6.07, 6.45) is 0. The minimum absolute atomic E-state index is 0.0115. The maximum atomic E-state index is 12.4. The largest absolute Gasteiger partial charge is 0.288 e. The minimum atomic E-state index is -3.97. The van der Waals surface area contributed by atoms with Crippen LogP contribution in [-0.2, 0) is 9.05 Å². The monoisotopic (exact) mass is 382 g/mol. The Balaban J connectivity index is 2.58. The van der Waals surface area contributed by atoms with E-state index in [-0.39, 0.29) is 26.1 Å². The first-order valence-electron chi connectivity index (χ1n) is 5.44. The molecule has 0 heterocycles. The van der Waals surface area contributed by atoms with Crippen molar-refractivity contribution in [3.05, 3.63) is 62.6 Å². The second kappa shape index (κ2) is 6.15. The van der Waals surface area contributed by atoms with Gasteiger partial charge in [-0.05, 0) is 36.4 Å². The standard InChI is InChI=1S/C13H6Cl4O3S/c14-7-1-3-9(12(16)5-7)13(18)10-6-8(21(17,19)20)2-4-11(10)15/h1-6H. The summed E-state index contributed by atoms with van der Waals surface area (Å²) in [4.78, 5) is 12.2. The van der Waals surface area contributed by atoms with E-state index in [1.165, 1.54) is 30.3 Å². The topological polar surface area (TPSA) is 51.2 Å². The van der Waals surface area contributed by atoms with Crippen molar-refractivity contribution >= 4 is 60.3 Å². The van der Waals surface area contributed by atoms with Gasteiger partial charge in [0.1, 0.15) is 0 Å². The van der Waals surface area contributed by atoms with Gasteiger partial charge in [0.05, 0.1) is 14.9 Å². The Labute approximate surface area is 140 Å². The van der Waals surface area contributed by atoms with Crippen molar-refractivity contribution in [2.45, 2.75) is 4.90 Å². The van der Waals surface area contributed by atoms with Crippen LogP contribution in [0.15, 0.2) is 41.3 Å². The van der Waals surface area contributed by atoms with Crippen LogP contribution in [0.1, 0.15) is 15.9 Å². The van der Waals surface area contributed by atoms with Crippen molar-refractivity contribution in [3.63, 3.8) is 0 Å². The molecular weight excluding hydrogens is 378 g/mol. The van der Waals surface area contributed by atoms with Gasteiger partial charge in [-0.2, -0.15) is 0 Å². The third kappa shape index (κ3) is 3.71. The molecule has 0 aromatic heterocycles. The average Bonchev–Trinajstić information content (AvgIpc) is 2.37. The normalized spacial score (nSPS) is 11.4. The third-order valence-electron chi connectivity index (χ3n) is 2.64. The fourth-order valence-corrected chi connectivity index (χ4v) is 3.12. The van der Waals surface area contributed by atoms with Crippen LogP contribution in [-0.4, -0.2) is 14.2 Å². The lowest BCUT2D eigenvalue weighted by Gasteiger charge is -2.07. The molecule has 0 aliphatic carbocycles. The molecule has 0 unspecified atom stereocenters. The predicted molar refractivity (Wildman–Crippen MR) is 84.4 cm³/mol. The lowest BCUT2D eigenvalue weighted by atomic mass is 10.0. The molecule has 0 atom stereocenters. The molecule has 0 fully saturated rings. The van der Waals surface area contributed by atoms with Crippen LogP contribution < -0.4 is 0 Å². The van der Waals surface area contributed by atoms with Gasteiger partial charge in [0, 0.05) is 26.8 Å². The van der Waals surface area contributed by atoms with Gasteiger partial charge in [-0.3, -0.25) is 4.79 Å². The minimum Gasteiger partial charge on any atom is -0.288 e. The smallest absolute Gasteiger partial charge is 0.261 e. The van der Waals surface area contributed by atoms with Gasteiger partial charge in [0.2, 0.25) is 0 Å². The van der Waals surface area contributed by atoms with Crippen molar-refractivity contribution < 1.29 is 13.2 Å². The Bertz CT molecular complexity index is 831. The SMILES string of the molecule is O=C(c1ccc(Cl)cc1Cl)c1cc(S(=O)(=O)Cl)ccc1Cl. The molecule has 2 rings (SSSR count). The fourth-order valence-electron chi connectivity index (χ4n) is 1.65. The Morgan fingerprint density at radius 2 is 1.52 bits per heavy atom. The average molecular weight is 384 g/mol. The van der Waals surface area contributed by atoms with Crippen LogP contribution >= 0.6 is 45.5 Å². The molecule has 0 radical (unpaired) electrons. The predicted octanol–water partition coefficient (Wildman–Crippen LogP) is 4.81. The molecule has 8 heteroatoms. The van der Waals surface area contributed by atoms with E-state index in [4.69, 9.17) is 45.5 Å². The van der Waals surface area contributed by atoms with E-state index in [0.29, 0.717) is 5.02 Å². The van der Waals surface area contributed by atoms with Crippen LogP contribution in [0, 0.1) is 0 Å². The highest BCUT2D eigenvalue weighted by atomic mass is 35.7. The Hall–Kier alpha value is -0.780. The summed E-state index contributed by atoms with van der Waals surface area (Å²) in [5, 5.41) is 0.609. The van der Waals surface area contributed by atoms with Crippen LogP contribution in [0.3, 0.4) is 0 Å². The lowest BCUT2D eigenvalue weighted by Crippen LogP contribution is -2.05. The summed E-state index contributed by atoms with van der Waals surface area (Å²) < 4.78 is 22.7. The van der Waals surface area contributed by atoms with E-state index >= 15 is 0 Å². The highest BCUT2D eigenvalue weighted by Gasteiger charge is 2.19. The molecule has 2 aromatic carbocycles. The summed E-state index contributed by atoms with van der Waals surface area (Å²) in [6, 6.07) is 7.95. The maximum absolute atomic E-state index is 12.4. The van der Waals surface area contributed by atoms with Gasteiger partial charge < -0.3 is 0 Å². The first-order chi connectivity index (χ1) is 9.70. The second-order valence-corrected chi connectivity index (χ2v) is 7.85. The molecule has 0 N–H and O–H groups in total. The van der Waals surface area contributed by atoms with Crippen molar-refractivity contribution in [1.29, 1.82) is 0 Å². The number of hydrogen-bond acceptors (Lipinski definition) is 3. The summed E-state index contributed by atoms with van der Waals surface area (Å²) in [5.41, 5.74) is 0.148. The highest BCUT2D eigenvalue weighted by Crippen LogP contribution is 2.28. The van der Waals surface area contributed by atoms with E-state index < -0.39 is 14.8 Å². The molecule has 2 aromatic rings. The van der Waals surface area contributed by atoms with Gasteiger partial charge in [0.15, 0.2) is 5.78 Å². The zero-order chi connectivity index (χ0) is 15.8. The summed E-state index contributed by atoms with van der Waals surface area (Å²) in [5.74, 6) is -0.524. The number of carbonyl (C=O) groups excluding carboxylic acids is 1. The molecule has 0 bridgehead atoms. The summed E-state index contributed by atoms with van der Waals surface area (Å²) in [6.45, 7) is 0. The Morgan fingerprint density at radius 3 is 2.10 bits per heavy atom. The Morgan fingerprint density at radius 1 is 0.857 bits per heavy atom. The summed E-state index contributed by atoms with van der Waals surface area (Å²) in [7, 11) is 1.29. The van der Waals surface area contributed by atoms with Crippen LogP contribution in [0.4, 0.5) is 0 Å². The van der Waals surface area contributed by atoms with Gasteiger partial charge >= 0.3 is 0 Å². The number of halogens is 4. The van der Waals surface area contributed by atoms with Gasteiger partial charge in [-0.15, -0.1) is 0 Å². The second-order valence-electron chi connectivity index (χ2n) is 4.03. The van der Waals surface area contributed by atoms with Gasteiger partial charge in [0.25, 0.3) is 9.05 Å². The summed E-state index contributed by atoms with van der Waals surface area (Å²) >= 11 is 17.7. The van der Waals surface area contributed by atoms with Crippen LogP contribution in [0.5, 0.6) is 0 Å². The number of hydrogen-bond donors (Lipinski definition) is 0. The van der Waals surface area contributed by atoms with Crippen LogP contribution in [0.2, 0.25) is 15.1 Å². The molecule has 3 nitrogen and oxygen atoms in total. The first kappa shape index (κ1) is 16.6. The van der Waals surface area contributed by atoms with E-state index in [1.54, 1.807) is 0 Å². The molecule has 110 valence electrons. The maximum Gasteiger partial charge on any atom is 0.261 e. The van der Waals surface area contributed by atoms with E-state index in [1.807, 2.05) is 0 Å². The zero-order valence-corrected chi connectivity index (χ0v) is 13.9. The molecule has 0 amide bonds. The van der Waals surface area contributed by atoms with E-state index in [2.05, 4.69) is 0 Å². The Kier molecular flexibility index (Phi) is 4.85. The number of ketones is 1. The number of rotatable bonds is 3. The highest BCUT2D eigenvalue weighted by molar-refractivity contribution is 8.13. The zero-order valence-electron chi connectivity index (χ0n) is 10.1. The van der Waals surface area contributed by atoms with Gasteiger partial charge in [-0.25, -0.2) is 8.42 Å². The van der Waals surface area contributed by atoms with Crippen molar-refractivity contribution in [2.75, 3.05) is 0 Å². The number of benzene rings is 2. The van der Waals surface area contributed by atoms with Crippen molar-refractivity contribution in [2.24, 2.45) is 0 Å². The molecule has 0 aliphatic heterocycles. The first-order valence-corrected chi connectivity index (χ1v) is 8.88. The van der Waals surface area contributed by atoms with Crippen molar-refractivity contribution in [1.82, 2.24) is 0 Å². The van der Waals surface area contributed by atoms with E-state index in [0.717, 1.165) is 6.07 Å². The fraction of sp³-hybridized carbons (Fsp3) is 0. The molecule has 0 aliphatic rings. The number of carbonyl (C=O) groups is 1. The third-order valence-corrected chi connectivity index (χ3v) is 4.87. The lowest BCUT2D eigenvalue weighted by molar-refractivity contribution is 0.103. The molecule has 21 heavy (non-hydrogen) atoms. The molecule has 0 spiro atoms. The molecular formula is C13H6Cl4O3S. The molecule has 0 saturated carbocycles. The van der Waals surface area contributed by atoms with Crippen molar-refractivity contribution in [3.8, 4) is 0 Å². The molecule has 0 saturated heterocycles. The van der Waals surface area contributed by atoms with E-state index in [9.17, 15) is 13.2 Å². The quantitative estimate of drug-likeness (QED) is 0.564. The van der Waals surface area contributed by atoms with Gasteiger partial charge in [-0.1, -0.05) is 34.8 Å². The van der Waals surface area contributed by atoms with Crippen LogP contribution in [0.25, 0.3) is 0 Å².